The highest BCUT2D eigenvalue weighted by atomic mass is 35.5. The first kappa shape index (κ1) is 13.2. The van der Waals surface area contributed by atoms with Gasteiger partial charge in [-0.2, -0.15) is 0 Å². The largest absolute Gasteiger partial charge is 0.493 e. The average molecular weight is 259 g/mol. The van der Waals surface area contributed by atoms with E-state index in [-0.39, 0.29) is 29.6 Å². The molecule has 0 saturated heterocycles. The van der Waals surface area contributed by atoms with Crippen molar-refractivity contribution in [2.75, 3.05) is 13.7 Å². The van der Waals surface area contributed by atoms with Gasteiger partial charge in [-0.3, -0.25) is 14.9 Å². The molecule has 7 heteroatoms. The summed E-state index contributed by atoms with van der Waals surface area (Å²) in [4.78, 5) is 20.8. The Morgan fingerprint density at radius 1 is 1.59 bits per heavy atom. The smallest absolute Gasteiger partial charge is 0.288 e. The van der Waals surface area contributed by atoms with Crippen LogP contribution in [0.1, 0.15) is 6.42 Å². The zero-order valence-corrected chi connectivity index (χ0v) is 9.86. The molecule has 0 radical (unpaired) electrons. The van der Waals surface area contributed by atoms with Gasteiger partial charge in [0.1, 0.15) is 10.8 Å². The Morgan fingerprint density at radius 3 is 2.82 bits per heavy atom. The first-order valence-corrected chi connectivity index (χ1v) is 5.19. The molecule has 0 heterocycles. The number of nitro groups is 1. The lowest BCUT2D eigenvalue weighted by Crippen LogP contribution is -2.20. The van der Waals surface area contributed by atoms with Crippen LogP contribution in [0.15, 0.2) is 18.2 Å². The minimum atomic E-state index is -0.573. The van der Waals surface area contributed by atoms with Crippen LogP contribution in [0.3, 0.4) is 0 Å². The number of hydrogen-bond acceptors (Lipinski definition) is 4. The van der Waals surface area contributed by atoms with Crippen molar-refractivity contribution in [1.82, 2.24) is 5.32 Å². The second kappa shape index (κ2) is 6.05. The van der Waals surface area contributed by atoms with Gasteiger partial charge in [0.15, 0.2) is 0 Å². The van der Waals surface area contributed by atoms with E-state index in [2.05, 4.69) is 5.32 Å². The Hall–Kier alpha value is -1.82. The topological polar surface area (TPSA) is 81.5 Å². The summed E-state index contributed by atoms with van der Waals surface area (Å²) < 4.78 is 5.23. The number of nitro benzene ring substituents is 1. The van der Waals surface area contributed by atoms with Crippen molar-refractivity contribution >= 4 is 23.2 Å². The van der Waals surface area contributed by atoms with Crippen LogP contribution in [-0.2, 0) is 4.79 Å². The minimum absolute atomic E-state index is 0.00689. The molecule has 0 aliphatic carbocycles. The zero-order valence-electron chi connectivity index (χ0n) is 9.10. The van der Waals surface area contributed by atoms with Crippen LogP contribution >= 0.6 is 11.6 Å². The summed E-state index contributed by atoms with van der Waals surface area (Å²) in [6, 6.07) is 4.05. The van der Waals surface area contributed by atoms with Gasteiger partial charge in [-0.05, 0) is 6.07 Å². The van der Waals surface area contributed by atoms with Gasteiger partial charge < -0.3 is 10.1 Å². The predicted molar refractivity (Wildman–Crippen MR) is 62.3 cm³/mol. The highest BCUT2D eigenvalue weighted by Gasteiger charge is 2.12. The monoisotopic (exact) mass is 258 g/mol. The number of amides is 1. The van der Waals surface area contributed by atoms with Crippen molar-refractivity contribution in [2.45, 2.75) is 6.42 Å². The van der Waals surface area contributed by atoms with Crippen LogP contribution in [0.2, 0.25) is 5.02 Å². The van der Waals surface area contributed by atoms with Gasteiger partial charge in [0, 0.05) is 19.2 Å². The normalized spacial score (nSPS) is 9.76. The maximum absolute atomic E-state index is 10.9. The maximum atomic E-state index is 10.9. The lowest BCUT2D eigenvalue weighted by molar-refractivity contribution is -0.384. The van der Waals surface area contributed by atoms with E-state index in [0.717, 1.165) is 0 Å². The Balaban J connectivity index is 2.59. The fourth-order valence-electron chi connectivity index (χ4n) is 1.11. The number of ether oxygens (including phenoxy) is 1. The molecule has 0 unspecified atom stereocenters. The molecule has 17 heavy (non-hydrogen) atoms. The maximum Gasteiger partial charge on any atom is 0.288 e. The molecule has 0 spiro atoms. The molecule has 1 rings (SSSR count). The van der Waals surface area contributed by atoms with Crippen molar-refractivity contribution in [3.8, 4) is 5.75 Å². The number of halogens is 1. The van der Waals surface area contributed by atoms with E-state index >= 15 is 0 Å². The summed E-state index contributed by atoms with van der Waals surface area (Å²) in [6.07, 6.45) is 0.213. The lowest BCUT2D eigenvalue weighted by atomic mass is 10.3. The second-order valence-corrected chi connectivity index (χ2v) is 3.55. The Bertz CT molecular complexity index is 436. The molecule has 1 aromatic rings. The van der Waals surface area contributed by atoms with E-state index < -0.39 is 4.92 Å². The number of carbonyl (C=O) groups is 1. The first-order chi connectivity index (χ1) is 8.04. The van der Waals surface area contributed by atoms with Crippen molar-refractivity contribution in [3.63, 3.8) is 0 Å². The van der Waals surface area contributed by atoms with Crippen LogP contribution in [0, 0.1) is 10.1 Å². The summed E-state index contributed by atoms with van der Waals surface area (Å²) in [7, 11) is 1.53. The molecule has 92 valence electrons. The predicted octanol–water partition coefficient (Wildman–Crippen LogP) is 1.76. The Morgan fingerprint density at radius 2 is 2.29 bits per heavy atom. The minimum Gasteiger partial charge on any atom is -0.493 e. The van der Waals surface area contributed by atoms with Crippen molar-refractivity contribution in [2.24, 2.45) is 0 Å². The highest BCUT2D eigenvalue weighted by molar-refractivity contribution is 6.32. The van der Waals surface area contributed by atoms with Gasteiger partial charge in [-0.1, -0.05) is 11.6 Å². The van der Waals surface area contributed by atoms with Crippen molar-refractivity contribution in [3.05, 3.63) is 33.3 Å². The van der Waals surface area contributed by atoms with Gasteiger partial charge in [0.2, 0.25) is 5.91 Å². The standard InChI is InChI=1S/C10H11ClN2O4/c1-12-10(14)4-5-17-7-2-3-9(13(15)16)8(11)6-7/h2-3,6H,4-5H2,1H3,(H,12,14). The highest BCUT2D eigenvalue weighted by Crippen LogP contribution is 2.28. The van der Waals surface area contributed by atoms with E-state index in [1.54, 1.807) is 0 Å². The Kier molecular flexibility index (Phi) is 4.71. The zero-order chi connectivity index (χ0) is 12.8. The SMILES string of the molecule is CNC(=O)CCOc1ccc([N+](=O)[O-])c(Cl)c1. The second-order valence-electron chi connectivity index (χ2n) is 3.14. The van der Waals surface area contributed by atoms with Crippen LogP contribution < -0.4 is 10.1 Å². The fraction of sp³-hybridized carbons (Fsp3) is 0.300. The summed E-state index contributed by atoms with van der Waals surface area (Å²) in [5.41, 5.74) is -0.176. The molecule has 0 saturated carbocycles. The van der Waals surface area contributed by atoms with Gasteiger partial charge >= 0.3 is 0 Å². The molecule has 0 aromatic heterocycles. The number of hydrogen-bond donors (Lipinski definition) is 1. The summed E-state index contributed by atoms with van der Waals surface area (Å²) >= 11 is 5.69. The van der Waals surface area contributed by atoms with E-state index in [0.29, 0.717) is 5.75 Å². The van der Waals surface area contributed by atoms with E-state index in [1.165, 1.54) is 25.2 Å². The molecular formula is C10H11ClN2O4. The number of benzene rings is 1. The molecule has 0 fully saturated rings. The molecule has 1 aromatic carbocycles. The summed E-state index contributed by atoms with van der Waals surface area (Å²) in [5.74, 6) is 0.252. The van der Waals surface area contributed by atoms with E-state index in [4.69, 9.17) is 16.3 Å². The molecule has 6 nitrogen and oxygen atoms in total. The molecule has 0 aliphatic rings. The van der Waals surface area contributed by atoms with Gasteiger partial charge in [-0.25, -0.2) is 0 Å². The van der Waals surface area contributed by atoms with E-state index in [1.807, 2.05) is 0 Å². The molecular weight excluding hydrogens is 248 g/mol. The molecule has 0 atom stereocenters. The first-order valence-electron chi connectivity index (χ1n) is 4.82. The van der Waals surface area contributed by atoms with E-state index in [9.17, 15) is 14.9 Å². The van der Waals surface area contributed by atoms with Gasteiger partial charge in [0.05, 0.1) is 18.0 Å². The average Bonchev–Trinajstić information content (AvgIpc) is 2.28. The molecule has 0 aliphatic heterocycles. The van der Waals surface area contributed by atoms with Gasteiger partial charge in [-0.15, -0.1) is 0 Å². The fourth-order valence-corrected chi connectivity index (χ4v) is 1.35. The van der Waals surface area contributed by atoms with Crippen molar-refractivity contribution in [1.29, 1.82) is 0 Å². The summed E-state index contributed by atoms with van der Waals surface area (Å²) in [6.45, 7) is 0.188. The lowest BCUT2D eigenvalue weighted by Gasteiger charge is -2.05. The van der Waals surface area contributed by atoms with Crippen LogP contribution in [0.4, 0.5) is 5.69 Å². The summed E-state index contributed by atoms with van der Waals surface area (Å²) in [5, 5.41) is 13.0. The molecule has 1 amide bonds. The number of rotatable bonds is 5. The Labute approximate surface area is 103 Å². The third-order valence-electron chi connectivity index (χ3n) is 1.99. The van der Waals surface area contributed by atoms with Gasteiger partial charge in [0.25, 0.3) is 5.69 Å². The molecule has 0 bridgehead atoms. The van der Waals surface area contributed by atoms with Crippen LogP contribution in [0.5, 0.6) is 5.75 Å². The third kappa shape index (κ3) is 3.92. The third-order valence-corrected chi connectivity index (χ3v) is 2.30. The number of carbonyl (C=O) groups excluding carboxylic acids is 1. The quantitative estimate of drug-likeness (QED) is 0.644. The van der Waals surface area contributed by atoms with Crippen LogP contribution in [0.25, 0.3) is 0 Å². The number of nitrogens with zero attached hydrogens (tertiary/aromatic N) is 1. The van der Waals surface area contributed by atoms with Crippen LogP contribution in [-0.4, -0.2) is 24.5 Å². The van der Waals surface area contributed by atoms with Crippen molar-refractivity contribution < 1.29 is 14.5 Å². The molecule has 1 N–H and O–H groups in total. The number of nitrogens with one attached hydrogen (secondary N) is 1.